The quantitative estimate of drug-likeness (QED) is 0.811. The van der Waals surface area contributed by atoms with Crippen LogP contribution in [0.3, 0.4) is 0 Å². The molecule has 1 amide bonds. The molecule has 0 saturated carbocycles. The number of benzene rings is 1. The third-order valence-corrected chi connectivity index (χ3v) is 4.07. The minimum atomic E-state index is -0.265. The summed E-state index contributed by atoms with van der Waals surface area (Å²) in [6.07, 6.45) is 1.66. The van der Waals surface area contributed by atoms with Crippen molar-refractivity contribution >= 4 is 17.5 Å². The van der Waals surface area contributed by atoms with E-state index in [0.717, 1.165) is 26.2 Å². The minimum absolute atomic E-state index is 0.00509. The second-order valence-electron chi connectivity index (χ2n) is 5.35. The fraction of sp³-hybridized carbons (Fsp3) is 0.438. The number of hydrogen-bond acceptors (Lipinski definition) is 3. The van der Waals surface area contributed by atoms with Gasteiger partial charge in [-0.15, -0.1) is 6.58 Å². The van der Waals surface area contributed by atoms with E-state index >= 15 is 0 Å². The number of nitrogens with zero attached hydrogens (tertiary/aromatic N) is 2. The van der Waals surface area contributed by atoms with Crippen molar-refractivity contribution in [1.82, 2.24) is 15.1 Å². The van der Waals surface area contributed by atoms with Gasteiger partial charge in [0.25, 0.3) is 0 Å². The van der Waals surface area contributed by atoms with Crippen molar-refractivity contribution in [3.63, 3.8) is 0 Å². The van der Waals surface area contributed by atoms with Crippen LogP contribution in [-0.4, -0.2) is 55.0 Å². The molecule has 0 bridgehead atoms. The van der Waals surface area contributed by atoms with Gasteiger partial charge in [-0.2, -0.15) is 0 Å². The van der Waals surface area contributed by atoms with Crippen molar-refractivity contribution in [3.8, 4) is 0 Å². The molecule has 0 aromatic heterocycles. The molecule has 1 heterocycles. The van der Waals surface area contributed by atoms with E-state index in [1.807, 2.05) is 0 Å². The number of rotatable bonds is 6. The number of piperazine rings is 1. The lowest BCUT2D eigenvalue weighted by Gasteiger charge is -2.34. The van der Waals surface area contributed by atoms with E-state index < -0.39 is 0 Å². The van der Waals surface area contributed by atoms with Gasteiger partial charge >= 0.3 is 0 Å². The fourth-order valence-electron chi connectivity index (χ4n) is 2.46. The van der Waals surface area contributed by atoms with Crippen LogP contribution in [0.4, 0.5) is 4.39 Å². The number of carbonyl (C=O) groups is 1. The summed E-state index contributed by atoms with van der Waals surface area (Å²) in [5, 5.41) is 3.23. The Morgan fingerprint density at radius 1 is 1.32 bits per heavy atom. The highest BCUT2D eigenvalue weighted by Gasteiger charge is 2.20. The first-order valence-electron chi connectivity index (χ1n) is 7.35. The van der Waals surface area contributed by atoms with Gasteiger partial charge in [-0.25, -0.2) is 4.39 Å². The van der Waals surface area contributed by atoms with Gasteiger partial charge in [0.1, 0.15) is 5.82 Å². The maximum Gasteiger partial charge on any atom is 0.234 e. The normalized spacial score (nSPS) is 16.5. The van der Waals surface area contributed by atoms with Gasteiger partial charge in [0.15, 0.2) is 0 Å². The second-order valence-corrected chi connectivity index (χ2v) is 5.75. The van der Waals surface area contributed by atoms with E-state index in [2.05, 4.69) is 21.7 Å². The molecule has 0 unspecified atom stereocenters. The van der Waals surface area contributed by atoms with Gasteiger partial charge in [0.05, 0.1) is 6.54 Å². The lowest BCUT2D eigenvalue weighted by molar-refractivity contribution is -0.122. The molecule has 0 aliphatic carbocycles. The van der Waals surface area contributed by atoms with Crippen LogP contribution in [0, 0.1) is 5.82 Å². The van der Waals surface area contributed by atoms with Crippen LogP contribution in [0.15, 0.2) is 30.9 Å². The molecule has 0 radical (unpaired) electrons. The summed E-state index contributed by atoms with van der Waals surface area (Å²) in [5.41, 5.74) is 0.543. The average molecular weight is 326 g/mol. The number of halogens is 2. The molecule has 1 aliphatic heterocycles. The first kappa shape index (κ1) is 16.9. The van der Waals surface area contributed by atoms with Gasteiger partial charge in [-0.1, -0.05) is 23.7 Å². The Hall–Kier alpha value is -1.43. The van der Waals surface area contributed by atoms with Crippen molar-refractivity contribution in [2.45, 2.75) is 6.54 Å². The highest BCUT2D eigenvalue weighted by Crippen LogP contribution is 2.21. The summed E-state index contributed by atoms with van der Waals surface area (Å²) in [6.45, 7) is 8.10. The topological polar surface area (TPSA) is 35.6 Å². The van der Waals surface area contributed by atoms with Crippen LogP contribution in [0.1, 0.15) is 5.56 Å². The Morgan fingerprint density at radius 2 is 2.00 bits per heavy atom. The summed E-state index contributed by atoms with van der Waals surface area (Å²) < 4.78 is 13.8. The predicted octanol–water partition coefficient (Wildman–Crippen LogP) is 1.90. The van der Waals surface area contributed by atoms with Gasteiger partial charge in [0, 0.05) is 49.9 Å². The van der Waals surface area contributed by atoms with E-state index in [-0.39, 0.29) is 11.7 Å². The van der Waals surface area contributed by atoms with E-state index in [4.69, 9.17) is 11.6 Å². The molecule has 1 aromatic carbocycles. The van der Waals surface area contributed by atoms with Crippen LogP contribution in [0.25, 0.3) is 0 Å². The summed E-state index contributed by atoms with van der Waals surface area (Å²) in [5.74, 6) is -0.260. The average Bonchev–Trinajstić information content (AvgIpc) is 2.51. The highest BCUT2D eigenvalue weighted by atomic mass is 35.5. The fourth-order valence-corrected chi connectivity index (χ4v) is 2.68. The van der Waals surface area contributed by atoms with Gasteiger partial charge in [-0.05, 0) is 12.1 Å². The van der Waals surface area contributed by atoms with Crippen LogP contribution in [0.2, 0.25) is 5.02 Å². The molecule has 1 N–H and O–H groups in total. The molecule has 0 spiro atoms. The summed E-state index contributed by atoms with van der Waals surface area (Å²) >= 11 is 6.06. The maximum atomic E-state index is 13.8. The lowest BCUT2D eigenvalue weighted by Crippen LogP contribution is -2.49. The van der Waals surface area contributed by atoms with Gasteiger partial charge in [0.2, 0.25) is 5.91 Å². The SMILES string of the molecule is C=CCNC(=O)CN1CCN(Cc2c(F)cccc2Cl)CC1. The lowest BCUT2D eigenvalue weighted by atomic mass is 10.2. The van der Waals surface area contributed by atoms with E-state index in [1.165, 1.54) is 6.07 Å². The molecule has 1 saturated heterocycles. The summed E-state index contributed by atoms with van der Waals surface area (Å²) in [6, 6.07) is 4.75. The number of amides is 1. The van der Waals surface area contributed by atoms with Crippen molar-refractivity contribution in [2.24, 2.45) is 0 Å². The molecule has 1 aromatic rings. The first-order chi connectivity index (χ1) is 10.6. The van der Waals surface area contributed by atoms with Crippen LogP contribution < -0.4 is 5.32 Å². The third kappa shape index (κ3) is 4.80. The number of hydrogen-bond donors (Lipinski definition) is 1. The number of carbonyl (C=O) groups excluding carboxylic acids is 1. The van der Waals surface area contributed by atoms with E-state index in [0.29, 0.717) is 30.2 Å². The van der Waals surface area contributed by atoms with Gasteiger partial charge < -0.3 is 5.32 Å². The van der Waals surface area contributed by atoms with Crippen molar-refractivity contribution in [1.29, 1.82) is 0 Å². The zero-order chi connectivity index (χ0) is 15.9. The molecule has 0 atom stereocenters. The Bertz CT molecular complexity index is 510. The monoisotopic (exact) mass is 325 g/mol. The highest BCUT2D eigenvalue weighted by molar-refractivity contribution is 6.31. The van der Waals surface area contributed by atoms with Crippen LogP contribution in [0.5, 0.6) is 0 Å². The van der Waals surface area contributed by atoms with Crippen molar-refractivity contribution in [2.75, 3.05) is 39.3 Å². The molecule has 2 rings (SSSR count). The Labute approximate surface area is 135 Å². The smallest absolute Gasteiger partial charge is 0.234 e. The molecule has 120 valence electrons. The Morgan fingerprint density at radius 3 is 2.64 bits per heavy atom. The molecule has 6 heteroatoms. The molecule has 4 nitrogen and oxygen atoms in total. The van der Waals surface area contributed by atoms with E-state index in [9.17, 15) is 9.18 Å². The third-order valence-electron chi connectivity index (χ3n) is 3.72. The molecule has 1 aliphatic rings. The first-order valence-corrected chi connectivity index (χ1v) is 7.73. The molecule has 1 fully saturated rings. The minimum Gasteiger partial charge on any atom is -0.352 e. The zero-order valence-corrected chi connectivity index (χ0v) is 13.3. The van der Waals surface area contributed by atoms with Gasteiger partial charge in [-0.3, -0.25) is 14.6 Å². The molecular formula is C16H21ClFN3O. The van der Waals surface area contributed by atoms with Crippen molar-refractivity contribution < 1.29 is 9.18 Å². The molecular weight excluding hydrogens is 305 g/mol. The summed E-state index contributed by atoms with van der Waals surface area (Å²) in [4.78, 5) is 15.9. The standard InChI is InChI=1S/C16H21ClFN3O/c1-2-6-19-16(22)12-21-9-7-20(8-10-21)11-13-14(17)4-3-5-15(13)18/h2-5H,1,6-12H2,(H,19,22). The Kier molecular flexibility index (Phi) is 6.36. The summed E-state index contributed by atoms with van der Waals surface area (Å²) in [7, 11) is 0. The van der Waals surface area contributed by atoms with Crippen LogP contribution >= 0.6 is 11.6 Å². The zero-order valence-electron chi connectivity index (χ0n) is 12.5. The van der Waals surface area contributed by atoms with Crippen LogP contribution in [-0.2, 0) is 11.3 Å². The largest absolute Gasteiger partial charge is 0.352 e. The number of nitrogens with one attached hydrogen (secondary N) is 1. The van der Waals surface area contributed by atoms with E-state index in [1.54, 1.807) is 18.2 Å². The maximum absolute atomic E-state index is 13.8. The predicted molar refractivity (Wildman–Crippen MR) is 86.3 cm³/mol. The second kappa shape index (κ2) is 8.27. The Balaban J connectivity index is 1.80. The van der Waals surface area contributed by atoms with Crippen molar-refractivity contribution in [3.05, 3.63) is 47.3 Å². The molecule has 22 heavy (non-hydrogen) atoms.